The zero-order valence-corrected chi connectivity index (χ0v) is 19.8. The Morgan fingerprint density at radius 2 is 2.07 bits per heavy atom. The Morgan fingerprint density at radius 1 is 1.32 bits per heavy atom. The molecule has 0 unspecified atom stereocenters. The first-order valence-corrected chi connectivity index (χ1v) is 11.2. The molecule has 2 aromatic heterocycles. The molecule has 1 N–H and O–H groups in total. The summed E-state index contributed by atoms with van der Waals surface area (Å²) in [6.45, 7) is 4.76. The van der Waals surface area contributed by atoms with Gasteiger partial charge in [-0.25, -0.2) is 13.4 Å². The molecule has 1 aliphatic rings. The Balaban J connectivity index is 0.00000280. The van der Waals surface area contributed by atoms with Gasteiger partial charge in [0.1, 0.15) is 12.0 Å². The highest BCUT2D eigenvalue weighted by atomic mass is 127. The molecule has 9 nitrogen and oxygen atoms in total. The minimum absolute atomic E-state index is 0. The van der Waals surface area contributed by atoms with Crippen LogP contribution in [0.25, 0.3) is 0 Å². The predicted molar refractivity (Wildman–Crippen MR) is 120 cm³/mol. The fraction of sp³-hybridized carbons (Fsp3) is 0.562. The Morgan fingerprint density at radius 3 is 2.64 bits per heavy atom. The number of guanidine groups is 1. The second-order valence-electron chi connectivity index (χ2n) is 6.21. The van der Waals surface area contributed by atoms with E-state index >= 15 is 0 Å². The van der Waals surface area contributed by atoms with Gasteiger partial charge < -0.3 is 14.7 Å². The molecule has 156 valence electrons. The monoisotopic (exact) mass is 540 g/mol. The molecule has 2 aromatic rings. The van der Waals surface area contributed by atoms with Gasteiger partial charge in [-0.15, -0.1) is 35.3 Å². The topological polar surface area (TPSA) is 104 Å². The third-order valence-corrected chi connectivity index (χ3v) is 6.93. The molecule has 0 aromatic carbocycles. The molecular weight excluding hydrogens is 515 g/mol. The molecule has 12 heteroatoms. The molecule has 3 rings (SSSR count). The van der Waals surface area contributed by atoms with E-state index < -0.39 is 10.0 Å². The molecule has 0 bridgehead atoms. The second-order valence-corrected chi connectivity index (χ2v) is 9.25. The van der Waals surface area contributed by atoms with Gasteiger partial charge in [0, 0.05) is 57.6 Å². The fourth-order valence-corrected chi connectivity index (χ4v) is 5.00. The maximum Gasteiger partial charge on any atom is 0.220 e. The van der Waals surface area contributed by atoms with Crippen molar-refractivity contribution < 1.29 is 12.9 Å². The van der Waals surface area contributed by atoms with Crippen molar-refractivity contribution >= 4 is 51.3 Å². The third kappa shape index (κ3) is 6.12. The van der Waals surface area contributed by atoms with Gasteiger partial charge in [-0.3, -0.25) is 4.99 Å². The summed E-state index contributed by atoms with van der Waals surface area (Å²) in [7, 11) is -1.66. The van der Waals surface area contributed by atoms with Crippen molar-refractivity contribution in [2.45, 2.75) is 19.1 Å². The van der Waals surface area contributed by atoms with Gasteiger partial charge in [-0.1, -0.05) is 5.16 Å². The van der Waals surface area contributed by atoms with Crippen LogP contribution in [-0.4, -0.2) is 73.5 Å². The molecule has 0 amide bonds. The van der Waals surface area contributed by atoms with Crippen LogP contribution in [0, 0.1) is 6.92 Å². The number of hydrogen-bond acceptors (Lipinski definition) is 7. The molecule has 0 radical (unpaired) electrons. The van der Waals surface area contributed by atoms with Crippen LogP contribution >= 0.6 is 35.3 Å². The van der Waals surface area contributed by atoms with E-state index in [-0.39, 0.29) is 29.7 Å². The van der Waals surface area contributed by atoms with Crippen molar-refractivity contribution in [3.8, 4) is 0 Å². The Hall–Kier alpha value is -1.25. The lowest BCUT2D eigenvalue weighted by molar-refractivity contribution is 0.260. The number of thiazole rings is 1. The van der Waals surface area contributed by atoms with Crippen LogP contribution in [0.1, 0.15) is 16.4 Å². The number of aryl methyl sites for hydroxylation is 1. The van der Waals surface area contributed by atoms with E-state index in [2.05, 4.69) is 30.7 Å². The molecule has 0 aliphatic carbocycles. The maximum atomic E-state index is 12.5. The summed E-state index contributed by atoms with van der Waals surface area (Å²) in [5.74, 6) is 0.652. The minimum Gasteiger partial charge on any atom is -0.364 e. The number of aromatic nitrogens is 2. The summed E-state index contributed by atoms with van der Waals surface area (Å²) < 4.78 is 31.2. The SMILES string of the molecule is CN=C(NCCc1csc(C)n1)N1CCN(S(=O)(=O)Cc2ccon2)CC1.I. The lowest BCUT2D eigenvalue weighted by Crippen LogP contribution is -2.54. The van der Waals surface area contributed by atoms with Gasteiger partial charge in [0.05, 0.1) is 16.4 Å². The number of piperazine rings is 1. The van der Waals surface area contributed by atoms with Crippen LogP contribution in [0.3, 0.4) is 0 Å². The number of sulfonamides is 1. The van der Waals surface area contributed by atoms with Crippen LogP contribution in [-0.2, 0) is 22.2 Å². The molecule has 1 saturated heterocycles. The number of halogens is 1. The second kappa shape index (κ2) is 10.5. The largest absolute Gasteiger partial charge is 0.364 e. The zero-order chi connectivity index (χ0) is 19.3. The highest BCUT2D eigenvalue weighted by Crippen LogP contribution is 2.13. The van der Waals surface area contributed by atoms with Crippen molar-refractivity contribution in [3.05, 3.63) is 34.1 Å². The minimum atomic E-state index is -3.40. The smallest absolute Gasteiger partial charge is 0.220 e. The number of rotatable bonds is 6. The van der Waals surface area contributed by atoms with Gasteiger partial charge >= 0.3 is 0 Å². The Labute approximate surface area is 186 Å². The Kier molecular flexibility index (Phi) is 8.64. The van der Waals surface area contributed by atoms with E-state index in [9.17, 15) is 8.42 Å². The first-order valence-electron chi connectivity index (χ1n) is 8.71. The van der Waals surface area contributed by atoms with Gasteiger partial charge in [0.15, 0.2) is 5.96 Å². The fourth-order valence-electron chi connectivity index (χ4n) is 2.93. The highest BCUT2D eigenvalue weighted by molar-refractivity contribution is 14.0. The van der Waals surface area contributed by atoms with Crippen molar-refractivity contribution in [2.75, 3.05) is 39.8 Å². The molecule has 0 spiro atoms. The quantitative estimate of drug-likeness (QED) is 0.335. The van der Waals surface area contributed by atoms with Gasteiger partial charge in [0.2, 0.25) is 10.0 Å². The zero-order valence-electron chi connectivity index (χ0n) is 15.9. The van der Waals surface area contributed by atoms with Gasteiger partial charge in [0.25, 0.3) is 0 Å². The number of hydrogen-bond donors (Lipinski definition) is 1. The predicted octanol–water partition coefficient (Wildman–Crippen LogP) is 1.32. The van der Waals surface area contributed by atoms with Crippen LogP contribution in [0.15, 0.2) is 27.2 Å². The third-order valence-electron chi connectivity index (χ3n) is 4.30. The normalized spacial score (nSPS) is 16.1. The van der Waals surface area contributed by atoms with Crippen molar-refractivity contribution in [1.82, 2.24) is 24.7 Å². The average molecular weight is 540 g/mol. The number of aliphatic imine (C=N–C) groups is 1. The standard InChI is InChI=1S/C16H24N6O3S2.HI/c1-13-19-14(11-26-13)3-5-18-16(17-2)21-6-8-22(9-7-21)27(23,24)12-15-4-10-25-20-15;/h4,10-11H,3,5-9,12H2,1-2H3,(H,17,18);1H. The summed E-state index contributed by atoms with van der Waals surface area (Å²) in [6.07, 6.45) is 2.21. The molecular formula is C16H25IN6O3S2. The average Bonchev–Trinajstić information content (AvgIpc) is 3.30. The van der Waals surface area contributed by atoms with Crippen LogP contribution in [0.5, 0.6) is 0 Å². The van der Waals surface area contributed by atoms with Crippen molar-refractivity contribution in [2.24, 2.45) is 4.99 Å². The number of nitrogens with one attached hydrogen (secondary N) is 1. The molecule has 3 heterocycles. The summed E-state index contributed by atoms with van der Waals surface area (Å²) in [6, 6.07) is 1.57. The summed E-state index contributed by atoms with van der Waals surface area (Å²) in [5, 5.41) is 10.2. The van der Waals surface area contributed by atoms with E-state index in [0.29, 0.717) is 31.9 Å². The first kappa shape index (κ1) is 23.0. The summed E-state index contributed by atoms with van der Waals surface area (Å²) in [5.41, 5.74) is 1.50. The lowest BCUT2D eigenvalue weighted by atomic mass is 10.3. The maximum absolute atomic E-state index is 12.5. The molecule has 28 heavy (non-hydrogen) atoms. The number of nitrogens with zero attached hydrogens (tertiary/aromatic N) is 5. The molecule has 1 aliphatic heterocycles. The Bertz CT molecular complexity index is 861. The summed E-state index contributed by atoms with van der Waals surface area (Å²) >= 11 is 1.65. The van der Waals surface area contributed by atoms with E-state index in [1.165, 1.54) is 10.6 Å². The molecule has 1 fully saturated rings. The van der Waals surface area contributed by atoms with E-state index in [1.807, 2.05) is 6.92 Å². The van der Waals surface area contributed by atoms with Crippen LogP contribution in [0.4, 0.5) is 0 Å². The van der Waals surface area contributed by atoms with Crippen molar-refractivity contribution in [1.29, 1.82) is 0 Å². The van der Waals surface area contributed by atoms with Crippen LogP contribution in [0.2, 0.25) is 0 Å². The molecule has 0 atom stereocenters. The van der Waals surface area contributed by atoms with E-state index in [4.69, 9.17) is 4.52 Å². The molecule has 0 saturated carbocycles. The lowest BCUT2D eigenvalue weighted by Gasteiger charge is -2.35. The van der Waals surface area contributed by atoms with Gasteiger partial charge in [-0.05, 0) is 6.92 Å². The first-order chi connectivity index (χ1) is 13.0. The van der Waals surface area contributed by atoms with Crippen LogP contribution < -0.4 is 5.32 Å². The van der Waals surface area contributed by atoms with E-state index in [1.54, 1.807) is 24.5 Å². The summed E-state index contributed by atoms with van der Waals surface area (Å²) in [4.78, 5) is 10.9. The van der Waals surface area contributed by atoms with Gasteiger partial charge in [-0.2, -0.15) is 4.31 Å². The van der Waals surface area contributed by atoms with E-state index in [0.717, 1.165) is 29.6 Å². The highest BCUT2D eigenvalue weighted by Gasteiger charge is 2.28. The van der Waals surface area contributed by atoms with Crippen molar-refractivity contribution in [3.63, 3.8) is 0 Å².